The van der Waals surface area contributed by atoms with Crippen molar-refractivity contribution < 1.29 is 18.3 Å². The van der Waals surface area contributed by atoms with Crippen LogP contribution in [0.3, 0.4) is 0 Å². The van der Waals surface area contributed by atoms with Crippen LogP contribution in [0.25, 0.3) is 0 Å². The molecule has 7 heteroatoms. The summed E-state index contributed by atoms with van der Waals surface area (Å²) in [5.74, 6) is -0.572. The number of hydrogen-bond acceptors (Lipinski definition) is 3. The number of nitrogens with one attached hydrogen (secondary N) is 1. The molecule has 0 amide bonds. The van der Waals surface area contributed by atoms with Gasteiger partial charge in [-0.25, -0.2) is 9.00 Å². The average Bonchev–Trinajstić information content (AvgIpc) is 2.19. The van der Waals surface area contributed by atoms with Gasteiger partial charge in [-0.3, -0.25) is 9.27 Å². The van der Waals surface area contributed by atoms with Gasteiger partial charge in [0.2, 0.25) is 0 Å². The number of carbonyl (C=O) groups excluding carboxylic acids is 1. The Balaban J connectivity index is 2.97. The second-order valence-corrected chi connectivity index (χ2v) is 4.61. The Morgan fingerprint density at radius 1 is 1.53 bits per heavy atom. The van der Waals surface area contributed by atoms with E-state index in [1.165, 1.54) is 18.2 Å². The van der Waals surface area contributed by atoms with E-state index in [2.05, 4.69) is 4.72 Å². The van der Waals surface area contributed by atoms with Crippen LogP contribution < -0.4 is 4.72 Å². The third-order valence-electron chi connectivity index (χ3n) is 1.73. The van der Waals surface area contributed by atoms with Crippen molar-refractivity contribution in [2.75, 3.05) is 4.72 Å². The van der Waals surface area contributed by atoms with Crippen LogP contribution in [0.15, 0.2) is 18.2 Å². The first-order valence-electron chi connectivity index (χ1n) is 4.78. The first-order chi connectivity index (χ1) is 7.90. The maximum atomic E-state index is 11.6. The summed E-state index contributed by atoms with van der Waals surface area (Å²) in [6.07, 6.45) is -0.262. The van der Waals surface area contributed by atoms with Crippen LogP contribution in [0.4, 0.5) is 5.69 Å². The Morgan fingerprint density at radius 3 is 2.71 bits per heavy atom. The van der Waals surface area contributed by atoms with E-state index in [1.54, 1.807) is 13.8 Å². The molecule has 0 aliphatic heterocycles. The van der Waals surface area contributed by atoms with E-state index < -0.39 is 17.2 Å². The van der Waals surface area contributed by atoms with Gasteiger partial charge in [0.05, 0.1) is 16.7 Å². The van der Waals surface area contributed by atoms with Crippen LogP contribution in [0.1, 0.15) is 24.2 Å². The minimum atomic E-state index is -2.20. The summed E-state index contributed by atoms with van der Waals surface area (Å²) < 4.78 is 26.5. The third-order valence-corrected chi connectivity index (χ3v) is 2.47. The molecular weight excluding hydrogens is 266 g/mol. The fourth-order valence-electron chi connectivity index (χ4n) is 1.12. The summed E-state index contributed by atoms with van der Waals surface area (Å²) in [7, 11) is 0. The van der Waals surface area contributed by atoms with Gasteiger partial charge < -0.3 is 4.74 Å². The number of carbonyl (C=O) groups is 1. The van der Waals surface area contributed by atoms with Gasteiger partial charge in [0.15, 0.2) is 0 Å². The molecule has 5 nitrogen and oxygen atoms in total. The van der Waals surface area contributed by atoms with Crippen LogP contribution in [-0.4, -0.2) is 20.8 Å². The van der Waals surface area contributed by atoms with Crippen molar-refractivity contribution >= 4 is 34.5 Å². The Hall–Kier alpha value is -1.11. The SMILES string of the molecule is CC(C)OC(=O)c1cc(NS(=O)O)ccc1Cl. The quantitative estimate of drug-likeness (QED) is 0.655. The number of anilines is 1. The van der Waals surface area contributed by atoms with Gasteiger partial charge in [0.1, 0.15) is 0 Å². The summed E-state index contributed by atoms with van der Waals surface area (Å²) in [6, 6.07) is 4.30. The minimum absolute atomic E-state index is 0.149. The molecule has 0 saturated heterocycles. The lowest BCUT2D eigenvalue weighted by atomic mass is 10.2. The number of hydrogen-bond donors (Lipinski definition) is 2. The van der Waals surface area contributed by atoms with Crippen LogP contribution in [0.5, 0.6) is 0 Å². The van der Waals surface area contributed by atoms with Crippen molar-refractivity contribution in [3.63, 3.8) is 0 Å². The zero-order chi connectivity index (χ0) is 13.0. The Morgan fingerprint density at radius 2 is 2.18 bits per heavy atom. The molecule has 17 heavy (non-hydrogen) atoms. The van der Waals surface area contributed by atoms with E-state index in [-0.39, 0.29) is 16.7 Å². The molecule has 1 unspecified atom stereocenters. The van der Waals surface area contributed by atoms with Crippen molar-refractivity contribution in [1.82, 2.24) is 0 Å². The van der Waals surface area contributed by atoms with E-state index in [1.807, 2.05) is 0 Å². The van der Waals surface area contributed by atoms with Crippen molar-refractivity contribution in [2.45, 2.75) is 20.0 Å². The van der Waals surface area contributed by atoms with Crippen molar-refractivity contribution in [1.29, 1.82) is 0 Å². The smallest absolute Gasteiger partial charge is 0.339 e. The maximum absolute atomic E-state index is 11.6. The zero-order valence-corrected chi connectivity index (χ0v) is 10.8. The molecule has 0 saturated carbocycles. The molecule has 0 aliphatic carbocycles. The topological polar surface area (TPSA) is 75.6 Å². The molecule has 1 aromatic rings. The highest BCUT2D eigenvalue weighted by atomic mass is 35.5. The molecule has 1 rings (SSSR count). The van der Waals surface area contributed by atoms with E-state index in [0.29, 0.717) is 5.69 Å². The lowest BCUT2D eigenvalue weighted by molar-refractivity contribution is 0.0378. The van der Waals surface area contributed by atoms with Gasteiger partial charge in [-0.2, -0.15) is 0 Å². The Bertz CT molecular complexity index is 450. The number of ether oxygens (including phenoxy) is 1. The minimum Gasteiger partial charge on any atom is -0.459 e. The highest BCUT2D eigenvalue weighted by molar-refractivity contribution is 7.80. The monoisotopic (exact) mass is 277 g/mol. The Labute approximate surface area is 107 Å². The van der Waals surface area contributed by atoms with Crippen LogP contribution >= 0.6 is 11.6 Å². The molecule has 1 aromatic carbocycles. The molecule has 1 atom stereocenters. The summed E-state index contributed by atoms with van der Waals surface area (Å²) in [5.41, 5.74) is 0.460. The fraction of sp³-hybridized carbons (Fsp3) is 0.300. The highest BCUT2D eigenvalue weighted by Crippen LogP contribution is 2.22. The fourth-order valence-corrected chi connectivity index (χ4v) is 1.65. The lowest BCUT2D eigenvalue weighted by Crippen LogP contribution is -2.12. The lowest BCUT2D eigenvalue weighted by Gasteiger charge is -2.10. The zero-order valence-electron chi connectivity index (χ0n) is 9.27. The molecule has 0 spiro atoms. The molecule has 94 valence electrons. The number of rotatable bonds is 4. The number of benzene rings is 1. The van der Waals surface area contributed by atoms with Gasteiger partial charge in [0, 0.05) is 5.69 Å². The molecule has 0 bridgehead atoms. The van der Waals surface area contributed by atoms with E-state index in [4.69, 9.17) is 20.9 Å². The second-order valence-electron chi connectivity index (χ2n) is 3.50. The van der Waals surface area contributed by atoms with Gasteiger partial charge >= 0.3 is 5.97 Å². The van der Waals surface area contributed by atoms with E-state index in [9.17, 15) is 9.00 Å². The van der Waals surface area contributed by atoms with Gasteiger partial charge in [-0.1, -0.05) is 11.6 Å². The predicted molar refractivity (Wildman–Crippen MR) is 66.4 cm³/mol. The summed E-state index contributed by atoms with van der Waals surface area (Å²) in [5, 5.41) is 0.227. The molecule has 0 heterocycles. The van der Waals surface area contributed by atoms with Crippen LogP contribution in [0, 0.1) is 0 Å². The van der Waals surface area contributed by atoms with Gasteiger partial charge in [-0.05, 0) is 32.0 Å². The first kappa shape index (κ1) is 14.0. The summed E-state index contributed by atoms with van der Waals surface area (Å²) >= 11 is 3.64. The van der Waals surface area contributed by atoms with Crippen molar-refractivity contribution in [3.05, 3.63) is 28.8 Å². The maximum Gasteiger partial charge on any atom is 0.339 e. The second kappa shape index (κ2) is 6.00. The summed E-state index contributed by atoms with van der Waals surface area (Å²) in [4.78, 5) is 11.6. The van der Waals surface area contributed by atoms with Gasteiger partial charge in [0.25, 0.3) is 11.3 Å². The van der Waals surface area contributed by atoms with E-state index >= 15 is 0 Å². The summed E-state index contributed by atoms with van der Waals surface area (Å²) in [6.45, 7) is 3.44. The molecule has 2 N–H and O–H groups in total. The normalized spacial score (nSPS) is 12.3. The predicted octanol–water partition coefficient (Wildman–Crippen LogP) is 2.45. The molecule has 0 fully saturated rings. The average molecular weight is 278 g/mol. The Kier molecular flexibility index (Phi) is 4.92. The largest absolute Gasteiger partial charge is 0.459 e. The number of halogens is 1. The first-order valence-corrected chi connectivity index (χ1v) is 6.26. The van der Waals surface area contributed by atoms with Gasteiger partial charge in [-0.15, -0.1) is 0 Å². The van der Waals surface area contributed by atoms with Crippen LogP contribution in [-0.2, 0) is 16.0 Å². The third kappa shape index (κ3) is 4.33. The molecule has 0 aliphatic rings. The molecule has 0 radical (unpaired) electrons. The standard InChI is InChI=1S/C10H12ClNO4S/c1-6(2)16-10(13)8-5-7(12-17(14)15)3-4-9(8)11/h3-6,12H,1-2H3,(H,14,15). The van der Waals surface area contributed by atoms with Crippen molar-refractivity contribution in [2.24, 2.45) is 0 Å². The number of esters is 1. The van der Waals surface area contributed by atoms with Crippen molar-refractivity contribution in [3.8, 4) is 0 Å². The van der Waals surface area contributed by atoms with E-state index in [0.717, 1.165) is 0 Å². The molecular formula is C10H12ClNO4S. The highest BCUT2D eigenvalue weighted by Gasteiger charge is 2.14. The van der Waals surface area contributed by atoms with Crippen LogP contribution in [0.2, 0.25) is 5.02 Å². The molecule has 0 aromatic heterocycles.